The van der Waals surface area contributed by atoms with Gasteiger partial charge in [-0.2, -0.15) is 0 Å². The second kappa shape index (κ2) is 7.22. The second-order valence-electron chi connectivity index (χ2n) is 5.25. The molecule has 0 amide bonds. The second-order valence-corrected chi connectivity index (χ2v) is 5.25. The van der Waals surface area contributed by atoms with Gasteiger partial charge >= 0.3 is 0 Å². The van der Waals surface area contributed by atoms with Crippen molar-refractivity contribution in [3.63, 3.8) is 0 Å². The van der Waals surface area contributed by atoms with Gasteiger partial charge in [0.15, 0.2) is 12.0 Å². The van der Waals surface area contributed by atoms with Crippen LogP contribution in [-0.4, -0.2) is 23.3 Å². The topological polar surface area (TPSA) is 56.2 Å². The van der Waals surface area contributed by atoms with Gasteiger partial charge in [-0.1, -0.05) is 48.9 Å². The zero-order valence-electron chi connectivity index (χ0n) is 13.0. The van der Waals surface area contributed by atoms with Gasteiger partial charge in [0.1, 0.15) is 0 Å². The lowest BCUT2D eigenvalue weighted by atomic mass is 10.1. The zero-order chi connectivity index (χ0) is 15.2. The molecule has 0 bridgehead atoms. The standard InChI is InChI=1S/C16H23N3O2/c1-4-18(5-2)12-15-16(20)21-17-19(15)13(3)11-14-9-7-6-8-10-14/h6-10,13H,4-5,11-12H2,1-3H3. The number of hydrogen-bond donors (Lipinski definition) is 0. The van der Waals surface area contributed by atoms with Gasteiger partial charge in [0, 0.05) is 13.3 Å². The molecule has 2 rings (SSSR count). The molecule has 21 heavy (non-hydrogen) atoms. The molecule has 1 aromatic heterocycles. The molecule has 0 aliphatic rings. The fraction of sp³-hybridized carbons (Fsp3) is 0.500. The molecule has 1 aromatic carbocycles. The Hall–Kier alpha value is -1.88. The Morgan fingerprint density at radius 1 is 1.24 bits per heavy atom. The lowest BCUT2D eigenvalue weighted by Gasteiger charge is -2.16. The van der Waals surface area contributed by atoms with E-state index in [-0.39, 0.29) is 12.0 Å². The lowest BCUT2D eigenvalue weighted by Crippen LogP contribution is -2.46. The highest BCUT2D eigenvalue weighted by molar-refractivity contribution is 5.15. The number of hydrogen-bond acceptors (Lipinski definition) is 4. The van der Waals surface area contributed by atoms with Crippen LogP contribution in [0.1, 0.15) is 38.1 Å². The minimum atomic E-state index is -0.332. The van der Waals surface area contributed by atoms with Crippen molar-refractivity contribution in [1.29, 1.82) is 0 Å². The molecule has 0 saturated carbocycles. The maximum Gasteiger partial charge on any atom is 0.247 e. The Morgan fingerprint density at radius 3 is 2.52 bits per heavy atom. The molecule has 1 atom stereocenters. The van der Waals surface area contributed by atoms with Crippen molar-refractivity contribution < 1.29 is 14.3 Å². The third kappa shape index (κ3) is 3.82. The molecule has 1 unspecified atom stereocenters. The van der Waals surface area contributed by atoms with E-state index in [0.29, 0.717) is 12.2 Å². The summed E-state index contributed by atoms with van der Waals surface area (Å²) in [4.78, 5) is 2.18. The van der Waals surface area contributed by atoms with Gasteiger partial charge in [0.05, 0.1) is 11.8 Å². The van der Waals surface area contributed by atoms with E-state index in [1.54, 1.807) is 4.68 Å². The Balaban J connectivity index is 2.15. The van der Waals surface area contributed by atoms with E-state index >= 15 is 0 Å². The number of nitrogens with zero attached hydrogens (tertiary/aromatic N) is 3. The fourth-order valence-corrected chi connectivity index (χ4v) is 2.46. The molecule has 0 spiro atoms. The smallest absolute Gasteiger partial charge is 0.247 e. The molecule has 0 aliphatic heterocycles. The highest BCUT2D eigenvalue weighted by Crippen LogP contribution is 2.15. The van der Waals surface area contributed by atoms with Crippen LogP contribution in [0.25, 0.3) is 0 Å². The summed E-state index contributed by atoms with van der Waals surface area (Å²) in [5.74, 6) is -0.332. The lowest BCUT2D eigenvalue weighted by molar-refractivity contribution is -0.788. The monoisotopic (exact) mass is 289 g/mol. The van der Waals surface area contributed by atoms with E-state index < -0.39 is 0 Å². The van der Waals surface area contributed by atoms with Crippen molar-refractivity contribution in [1.82, 2.24) is 10.2 Å². The zero-order valence-corrected chi connectivity index (χ0v) is 13.0. The molecule has 1 heterocycles. The first kappa shape index (κ1) is 15.5. The molecule has 114 valence electrons. The third-order valence-electron chi connectivity index (χ3n) is 3.78. The van der Waals surface area contributed by atoms with E-state index in [1.165, 1.54) is 5.56 Å². The van der Waals surface area contributed by atoms with Crippen LogP contribution in [0.5, 0.6) is 5.95 Å². The maximum absolute atomic E-state index is 11.9. The van der Waals surface area contributed by atoms with Gasteiger partial charge in [-0.15, -0.1) is 0 Å². The largest absolute Gasteiger partial charge is 0.539 e. The molecule has 0 aliphatic carbocycles. The summed E-state index contributed by atoms with van der Waals surface area (Å²) in [6.45, 7) is 8.59. The molecule has 2 aromatic rings. The molecule has 5 heteroatoms. The van der Waals surface area contributed by atoms with Crippen LogP contribution in [0.4, 0.5) is 0 Å². The van der Waals surface area contributed by atoms with Gasteiger partial charge in [-0.3, -0.25) is 4.90 Å². The molecular formula is C16H23N3O2. The average molecular weight is 289 g/mol. The van der Waals surface area contributed by atoms with Crippen molar-refractivity contribution in [2.24, 2.45) is 0 Å². The van der Waals surface area contributed by atoms with Crippen LogP contribution in [0.2, 0.25) is 0 Å². The van der Waals surface area contributed by atoms with Crippen molar-refractivity contribution >= 4 is 0 Å². The van der Waals surface area contributed by atoms with E-state index in [2.05, 4.69) is 43.1 Å². The van der Waals surface area contributed by atoms with Crippen LogP contribution in [0, 0.1) is 0 Å². The van der Waals surface area contributed by atoms with Crippen LogP contribution in [0.15, 0.2) is 34.9 Å². The fourth-order valence-electron chi connectivity index (χ4n) is 2.46. The van der Waals surface area contributed by atoms with Gasteiger partial charge in [-0.05, 0) is 18.7 Å². The molecule has 0 fully saturated rings. The predicted molar refractivity (Wildman–Crippen MR) is 77.6 cm³/mol. The van der Waals surface area contributed by atoms with E-state index in [0.717, 1.165) is 19.5 Å². The predicted octanol–water partition coefficient (Wildman–Crippen LogP) is 1.68. The van der Waals surface area contributed by atoms with Crippen LogP contribution < -0.4 is 9.79 Å². The molecular weight excluding hydrogens is 266 g/mol. The van der Waals surface area contributed by atoms with Crippen molar-refractivity contribution in [3.05, 3.63) is 41.6 Å². The molecule has 5 nitrogen and oxygen atoms in total. The SMILES string of the molecule is CCN(CC)Cc1c([O-])on[n+]1C(C)Cc1ccccc1. The van der Waals surface area contributed by atoms with Gasteiger partial charge in [0.2, 0.25) is 5.69 Å². The number of aromatic nitrogens is 2. The third-order valence-corrected chi connectivity index (χ3v) is 3.78. The van der Waals surface area contributed by atoms with Crippen molar-refractivity contribution in [3.8, 4) is 5.95 Å². The van der Waals surface area contributed by atoms with Crippen LogP contribution in [-0.2, 0) is 13.0 Å². The average Bonchev–Trinajstić information content (AvgIpc) is 2.86. The Labute approximate surface area is 125 Å². The normalized spacial score (nSPS) is 12.8. The van der Waals surface area contributed by atoms with Crippen LogP contribution in [0.3, 0.4) is 0 Å². The first-order valence-corrected chi connectivity index (χ1v) is 7.49. The minimum absolute atomic E-state index is 0.0874. The maximum atomic E-state index is 11.9. The van der Waals surface area contributed by atoms with E-state index in [9.17, 15) is 5.11 Å². The molecule has 0 radical (unpaired) electrons. The quantitative estimate of drug-likeness (QED) is 0.728. The van der Waals surface area contributed by atoms with Gasteiger partial charge < -0.3 is 9.63 Å². The summed E-state index contributed by atoms with van der Waals surface area (Å²) < 4.78 is 6.60. The highest BCUT2D eigenvalue weighted by atomic mass is 16.6. The highest BCUT2D eigenvalue weighted by Gasteiger charge is 2.25. The van der Waals surface area contributed by atoms with Crippen LogP contribution >= 0.6 is 0 Å². The van der Waals surface area contributed by atoms with E-state index in [4.69, 9.17) is 4.52 Å². The minimum Gasteiger partial charge on any atom is -0.539 e. The molecule has 0 N–H and O–H groups in total. The summed E-state index contributed by atoms with van der Waals surface area (Å²) in [5, 5.41) is 15.8. The van der Waals surface area contributed by atoms with E-state index in [1.807, 2.05) is 18.2 Å². The summed E-state index contributed by atoms with van der Waals surface area (Å²) in [5.41, 5.74) is 1.85. The summed E-state index contributed by atoms with van der Waals surface area (Å²) in [7, 11) is 0. The first-order valence-electron chi connectivity index (χ1n) is 7.49. The van der Waals surface area contributed by atoms with Crippen molar-refractivity contribution in [2.75, 3.05) is 13.1 Å². The molecule has 0 saturated heterocycles. The van der Waals surface area contributed by atoms with Crippen molar-refractivity contribution in [2.45, 2.75) is 39.8 Å². The first-order chi connectivity index (χ1) is 10.2. The Bertz CT molecular complexity index is 550. The summed E-state index contributed by atoms with van der Waals surface area (Å²) in [6.07, 6.45) is 0.822. The van der Waals surface area contributed by atoms with Gasteiger partial charge in [0.25, 0.3) is 0 Å². The van der Waals surface area contributed by atoms with Gasteiger partial charge in [-0.25, -0.2) is 0 Å². The summed E-state index contributed by atoms with van der Waals surface area (Å²) in [6, 6.07) is 10.3. The Kier molecular flexibility index (Phi) is 5.33. The Morgan fingerprint density at radius 2 is 1.90 bits per heavy atom. The number of rotatable bonds is 7. The number of benzene rings is 1. The summed E-state index contributed by atoms with van der Waals surface area (Å²) >= 11 is 0.